The van der Waals surface area contributed by atoms with Gasteiger partial charge in [0, 0.05) is 10.8 Å². The third-order valence-electron chi connectivity index (χ3n) is 5.89. The van der Waals surface area contributed by atoms with Crippen LogP contribution in [0.2, 0.25) is 0 Å². The van der Waals surface area contributed by atoms with E-state index in [-0.39, 0.29) is 11.3 Å². The Balaban J connectivity index is 1.86. The number of hydrogen-bond acceptors (Lipinski definition) is 1. The van der Waals surface area contributed by atoms with Crippen molar-refractivity contribution in [3.63, 3.8) is 0 Å². The zero-order chi connectivity index (χ0) is 14.8. The molecule has 4 aliphatic rings. The van der Waals surface area contributed by atoms with Crippen molar-refractivity contribution in [2.24, 2.45) is 17.1 Å². The average Bonchev–Trinajstić information content (AvgIpc) is 2.83. The topological polar surface area (TPSA) is 26.0 Å². The summed E-state index contributed by atoms with van der Waals surface area (Å²) in [6.45, 7) is 0. The molecular weight excluding hydrogens is 288 g/mol. The summed E-state index contributed by atoms with van der Waals surface area (Å²) in [4.78, 5) is 0.429. The first-order valence-electron chi connectivity index (χ1n) is 7.34. The lowest BCUT2D eigenvalue weighted by atomic mass is 9.65. The third-order valence-corrected chi connectivity index (χ3v) is 6.30. The number of hydrogen-bond donors (Lipinski definition) is 1. The number of alkyl halides is 2. The summed E-state index contributed by atoms with van der Waals surface area (Å²) < 4.78 is 26.9. The van der Waals surface area contributed by atoms with Gasteiger partial charge in [-0.15, -0.1) is 0 Å². The van der Waals surface area contributed by atoms with E-state index >= 15 is 0 Å². The number of allylic oxidation sites excluding steroid dienone is 2. The molecule has 4 heteroatoms. The van der Waals surface area contributed by atoms with Crippen molar-refractivity contribution in [3.05, 3.63) is 47.0 Å². The Morgan fingerprint density at radius 3 is 2.57 bits per heavy atom. The van der Waals surface area contributed by atoms with Gasteiger partial charge in [0.05, 0.1) is 4.99 Å². The van der Waals surface area contributed by atoms with Gasteiger partial charge in [0.15, 0.2) is 0 Å². The molecule has 2 fully saturated rings. The van der Waals surface area contributed by atoms with Crippen molar-refractivity contribution in [2.45, 2.75) is 37.5 Å². The molecule has 1 aromatic carbocycles. The molecule has 0 aliphatic heterocycles. The first kappa shape index (κ1) is 13.4. The molecule has 0 spiro atoms. The lowest BCUT2D eigenvalue weighted by molar-refractivity contribution is 0.166. The predicted octanol–water partition coefficient (Wildman–Crippen LogP) is 3.98. The summed E-state index contributed by atoms with van der Waals surface area (Å²) in [6.07, 6.45) is 0.619. The molecule has 3 unspecified atom stereocenters. The smallest absolute Gasteiger partial charge is 0.260 e. The van der Waals surface area contributed by atoms with E-state index in [0.717, 1.165) is 24.8 Å². The Morgan fingerprint density at radius 2 is 1.95 bits per heavy atom. The molecule has 3 atom stereocenters. The van der Waals surface area contributed by atoms with E-state index < -0.39 is 11.8 Å². The molecule has 0 heterocycles. The maximum atomic E-state index is 13.5. The van der Waals surface area contributed by atoms with Crippen molar-refractivity contribution in [3.8, 4) is 0 Å². The van der Waals surface area contributed by atoms with E-state index in [1.165, 1.54) is 5.56 Å². The highest BCUT2D eigenvalue weighted by atomic mass is 32.1. The van der Waals surface area contributed by atoms with Crippen LogP contribution >= 0.6 is 12.2 Å². The number of benzene rings is 1. The summed E-state index contributed by atoms with van der Waals surface area (Å²) in [6, 6.07) is 10.3. The van der Waals surface area contributed by atoms with Gasteiger partial charge in [-0.2, -0.15) is 0 Å². The van der Waals surface area contributed by atoms with Crippen molar-refractivity contribution in [1.29, 1.82) is 0 Å². The van der Waals surface area contributed by atoms with Crippen LogP contribution in [0.15, 0.2) is 41.5 Å². The first-order valence-corrected chi connectivity index (χ1v) is 7.75. The van der Waals surface area contributed by atoms with Crippen LogP contribution in [-0.2, 0) is 5.41 Å². The highest BCUT2D eigenvalue weighted by Gasteiger charge is 2.66. The van der Waals surface area contributed by atoms with Crippen LogP contribution in [0, 0.1) is 11.3 Å². The third kappa shape index (κ3) is 1.57. The van der Waals surface area contributed by atoms with Gasteiger partial charge < -0.3 is 5.73 Å². The molecule has 21 heavy (non-hydrogen) atoms. The van der Waals surface area contributed by atoms with Gasteiger partial charge in [0.25, 0.3) is 6.43 Å². The van der Waals surface area contributed by atoms with Crippen molar-refractivity contribution in [2.75, 3.05) is 0 Å². The standard InChI is InChI=1S/C17H17F2NS/c18-14(19)13-10-6-16(11-4-2-1-3-5-11)8-12(13)17(7-10,9-16)15(20)21/h1-5,12,14H,6-9H2,(H2,20,21). The quantitative estimate of drug-likeness (QED) is 0.675. The van der Waals surface area contributed by atoms with Gasteiger partial charge in [-0.1, -0.05) is 48.1 Å². The second-order valence-electron chi connectivity index (χ2n) is 6.81. The van der Waals surface area contributed by atoms with E-state index in [0.29, 0.717) is 17.0 Å². The second kappa shape index (κ2) is 4.13. The van der Waals surface area contributed by atoms with Crippen LogP contribution in [0.5, 0.6) is 0 Å². The fraction of sp³-hybridized carbons (Fsp3) is 0.471. The number of rotatable bonds is 3. The van der Waals surface area contributed by atoms with Crippen molar-refractivity contribution < 1.29 is 8.78 Å². The molecule has 0 saturated heterocycles. The molecule has 0 amide bonds. The van der Waals surface area contributed by atoms with Crippen molar-refractivity contribution >= 4 is 17.2 Å². The highest BCUT2D eigenvalue weighted by molar-refractivity contribution is 7.80. The lowest BCUT2D eigenvalue weighted by Gasteiger charge is -2.39. The number of halogens is 2. The second-order valence-corrected chi connectivity index (χ2v) is 7.25. The molecule has 110 valence electrons. The Bertz CT molecular complexity index is 654. The minimum atomic E-state index is -2.37. The van der Waals surface area contributed by atoms with Gasteiger partial charge in [0.2, 0.25) is 0 Å². The van der Waals surface area contributed by atoms with Gasteiger partial charge in [-0.25, -0.2) is 8.78 Å². The molecule has 4 bridgehead atoms. The molecule has 0 radical (unpaired) electrons. The van der Waals surface area contributed by atoms with Crippen LogP contribution in [0.3, 0.4) is 0 Å². The summed E-state index contributed by atoms with van der Waals surface area (Å²) >= 11 is 5.30. The van der Waals surface area contributed by atoms with E-state index in [1.54, 1.807) is 0 Å². The average molecular weight is 305 g/mol. The minimum Gasteiger partial charge on any atom is -0.393 e. The molecule has 5 rings (SSSR count). The summed E-state index contributed by atoms with van der Waals surface area (Å²) in [5.74, 6) is -0.154. The van der Waals surface area contributed by atoms with Crippen LogP contribution in [-0.4, -0.2) is 11.4 Å². The molecule has 1 aromatic rings. The number of thiocarbonyl (C=S) groups is 1. The van der Waals surface area contributed by atoms with E-state index in [9.17, 15) is 8.78 Å². The van der Waals surface area contributed by atoms with Crippen molar-refractivity contribution in [1.82, 2.24) is 0 Å². The summed E-state index contributed by atoms with van der Waals surface area (Å²) in [5, 5.41) is 0. The zero-order valence-electron chi connectivity index (χ0n) is 11.6. The normalized spacial score (nSPS) is 36.8. The molecular formula is C17H17F2NS. The predicted molar refractivity (Wildman–Crippen MR) is 82.3 cm³/mol. The van der Waals surface area contributed by atoms with E-state index in [4.69, 9.17) is 18.0 Å². The van der Waals surface area contributed by atoms with E-state index in [2.05, 4.69) is 12.1 Å². The van der Waals surface area contributed by atoms with Gasteiger partial charge >= 0.3 is 0 Å². The Morgan fingerprint density at radius 1 is 1.24 bits per heavy atom. The highest BCUT2D eigenvalue weighted by Crippen LogP contribution is 2.71. The van der Waals surface area contributed by atoms with E-state index in [1.807, 2.05) is 18.2 Å². The SMILES string of the molecule is NC(=S)C12CC3=C(C(F)F)C1CC(c1ccccc1)(C3)C2. The molecule has 2 saturated carbocycles. The van der Waals surface area contributed by atoms with Crippen LogP contribution < -0.4 is 5.73 Å². The summed E-state index contributed by atoms with van der Waals surface area (Å²) in [5.41, 5.74) is 8.10. The Kier molecular flexibility index (Phi) is 2.63. The summed E-state index contributed by atoms with van der Waals surface area (Å²) in [7, 11) is 0. The largest absolute Gasteiger partial charge is 0.393 e. The molecule has 2 N–H and O–H groups in total. The molecule has 1 nitrogen and oxygen atoms in total. The lowest BCUT2D eigenvalue weighted by Crippen LogP contribution is -2.39. The van der Waals surface area contributed by atoms with Gasteiger partial charge in [-0.05, 0) is 42.7 Å². The Hall–Kier alpha value is -1.29. The van der Waals surface area contributed by atoms with Crippen LogP contribution in [0.4, 0.5) is 8.78 Å². The monoisotopic (exact) mass is 305 g/mol. The zero-order valence-corrected chi connectivity index (χ0v) is 12.4. The fourth-order valence-corrected chi connectivity index (χ4v) is 5.47. The molecule has 0 aromatic heterocycles. The maximum Gasteiger partial charge on any atom is 0.260 e. The van der Waals surface area contributed by atoms with Crippen LogP contribution in [0.25, 0.3) is 0 Å². The van der Waals surface area contributed by atoms with Gasteiger partial charge in [-0.3, -0.25) is 0 Å². The Labute approximate surface area is 128 Å². The maximum absolute atomic E-state index is 13.5. The first-order chi connectivity index (χ1) is 9.98. The minimum absolute atomic E-state index is 0.0403. The number of nitrogens with two attached hydrogens (primary N) is 1. The van der Waals surface area contributed by atoms with Crippen LogP contribution in [0.1, 0.15) is 31.2 Å². The fourth-order valence-electron chi connectivity index (χ4n) is 5.18. The molecule has 4 aliphatic carbocycles. The van der Waals surface area contributed by atoms with Gasteiger partial charge in [0.1, 0.15) is 0 Å².